The van der Waals surface area contributed by atoms with E-state index in [2.05, 4.69) is 10.4 Å². The second-order valence-electron chi connectivity index (χ2n) is 4.39. The van der Waals surface area contributed by atoms with Crippen LogP contribution in [0, 0.1) is 6.92 Å². The number of aryl methyl sites for hydroxylation is 1. The summed E-state index contributed by atoms with van der Waals surface area (Å²) < 4.78 is 6.96. The summed E-state index contributed by atoms with van der Waals surface area (Å²) >= 11 is 6.17. The molecule has 0 aliphatic heterocycles. The first-order valence-electron chi connectivity index (χ1n) is 6.11. The lowest BCUT2D eigenvalue weighted by Gasteiger charge is -2.00. The lowest BCUT2D eigenvalue weighted by atomic mass is 10.3. The van der Waals surface area contributed by atoms with Gasteiger partial charge in [0.2, 0.25) is 0 Å². The van der Waals surface area contributed by atoms with E-state index >= 15 is 0 Å². The van der Waals surface area contributed by atoms with Gasteiger partial charge < -0.3 is 9.73 Å². The van der Waals surface area contributed by atoms with Crippen molar-refractivity contribution in [2.24, 2.45) is 0 Å². The third-order valence-electron chi connectivity index (χ3n) is 2.91. The lowest BCUT2D eigenvalue weighted by Crippen LogP contribution is -2.23. The van der Waals surface area contributed by atoms with E-state index in [1.807, 2.05) is 37.3 Å². The van der Waals surface area contributed by atoms with Gasteiger partial charge in [-0.3, -0.25) is 4.79 Å². The zero-order valence-corrected chi connectivity index (χ0v) is 11.5. The zero-order valence-electron chi connectivity index (χ0n) is 10.8. The Morgan fingerprint density at radius 3 is 2.95 bits per heavy atom. The van der Waals surface area contributed by atoms with E-state index in [9.17, 15) is 4.79 Å². The number of halogens is 1. The molecule has 6 heteroatoms. The van der Waals surface area contributed by atoms with Crippen LogP contribution >= 0.6 is 11.6 Å². The highest BCUT2D eigenvalue weighted by atomic mass is 35.5. The minimum absolute atomic E-state index is 0.209. The molecular formula is C14H12ClN3O2. The monoisotopic (exact) mass is 289 g/mol. The van der Waals surface area contributed by atoms with Crippen LogP contribution in [0.3, 0.4) is 0 Å². The highest BCUT2D eigenvalue weighted by Crippen LogP contribution is 2.21. The van der Waals surface area contributed by atoms with Crippen LogP contribution in [-0.2, 0) is 6.54 Å². The Labute approximate surface area is 120 Å². The number of amides is 1. The molecule has 0 bridgehead atoms. The number of carbonyl (C=O) groups is 1. The molecule has 0 atom stereocenters. The van der Waals surface area contributed by atoms with Gasteiger partial charge in [0.15, 0.2) is 5.69 Å². The van der Waals surface area contributed by atoms with Gasteiger partial charge in [-0.25, -0.2) is 4.52 Å². The maximum atomic E-state index is 12.1. The molecule has 0 aromatic carbocycles. The molecule has 3 heterocycles. The molecule has 0 saturated heterocycles. The average Bonchev–Trinajstić information content (AvgIpc) is 3.01. The normalized spacial score (nSPS) is 10.9. The Morgan fingerprint density at radius 1 is 1.40 bits per heavy atom. The van der Waals surface area contributed by atoms with E-state index in [0.717, 1.165) is 5.76 Å². The third kappa shape index (κ3) is 2.28. The van der Waals surface area contributed by atoms with E-state index < -0.39 is 0 Å². The predicted octanol–water partition coefficient (Wildman–Crippen LogP) is 2.82. The predicted molar refractivity (Wildman–Crippen MR) is 74.8 cm³/mol. The van der Waals surface area contributed by atoms with Crippen LogP contribution in [0.5, 0.6) is 0 Å². The van der Waals surface area contributed by atoms with Crippen LogP contribution in [0.25, 0.3) is 5.52 Å². The third-order valence-corrected chi connectivity index (χ3v) is 3.29. The standard InChI is InChI=1S/C14H12ClN3O2/c1-9-5-6-10(20-9)8-16-14(19)13-12(15)11-4-2-3-7-18(11)17-13/h2-7H,8H2,1H3,(H,16,19). The van der Waals surface area contributed by atoms with Crippen molar-refractivity contribution in [3.8, 4) is 0 Å². The summed E-state index contributed by atoms with van der Waals surface area (Å²) in [5.74, 6) is 1.17. The summed E-state index contributed by atoms with van der Waals surface area (Å²) in [6.45, 7) is 2.15. The second kappa shape index (κ2) is 5.02. The summed E-state index contributed by atoms with van der Waals surface area (Å²) in [5, 5.41) is 7.26. The molecule has 0 spiro atoms. The SMILES string of the molecule is Cc1ccc(CNC(=O)c2nn3ccccc3c2Cl)o1. The van der Waals surface area contributed by atoms with Crippen molar-refractivity contribution in [1.82, 2.24) is 14.9 Å². The highest BCUT2D eigenvalue weighted by Gasteiger charge is 2.17. The summed E-state index contributed by atoms with van der Waals surface area (Å²) in [7, 11) is 0. The van der Waals surface area contributed by atoms with Gasteiger partial charge in [-0.05, 0) is 31.2 Å². The fourth-order valence-electron chi connectivity index (χ4n) is 1.94. The summed E-state index contributed by atoms with van der Waals surface area (Å²) in [6, 6.07) is 9.14. The summed E-state index contributed by atoms with van der Waals surface area (Å²) in [5.41, 5.74) is 0.911. The van der Waals surface area contributed by atoms with Gasteiger partial charge in [0.25, 0.3) is 5.91 Å². The van der Waals surface area contributed by atoms with Gasteiger partial charge in [0.05, 0.1) is 17.1 Å². The van der Waals surface area contributed by atoms with E-state index in [4.69, 9.17) is 16.0 Å². The lowest BCUT2D eigenvalue weighted by molar-refractivity contribution is 0.0942. The van der Waals surface area contributed by atoms with E-state index in [-0.39, 0.29) is 11.6 Å². The molecule has 0 saturated carbocycles. The molecule has 1 N–H and O–H groups in total. The molecule has 20 heavy (non-hydrogen) atoms. The van der Waals surface area contributed by atoms with Crippen molar-refractivity contribution in [2.45, 2.75) is 13.5 Å². The molecule has 102 valence electrons. The van der Waals surface area contributed by atoms with Crippen molar-refractivity contribution in [3.05, 3.63) is 58.8 Å². The second-order valence-corrected chi connectivity index (χ2v) is 4.77. The van der Waals surface area contributed by atoms with E-state index in [1.54, 1.807) is 10.7 Å². The molecule has 1 amide bonds. The summed E-state index contributed by atoms with van der Waals surface area (Å²) in [4.78, 5) is 12.1. The molecule has 0 radical (unpaired) electrons. The molecule has 5 nitrogen and oxygen atoms in total. The fraction of sp³-hybridized carbons (Fsp3) is 0.143. The van der Waals surface area contributed by atoms with Gasteiger partial charge in [-0.15, -0.1) is 0 Å². The van der Waals surface area contributed by atoms with Crippen LogP contribution in [0.2, 0.25) is 5.02 Å². The van der Waals surface area contributed by atoms with Crippen molar-refractivity contribution >= 4 is 23.0 Å². The van der Waals surface area contributed by atoms with Gasteiger partial charge >= 0.3 is 0 Å². The molecule has 0 aliphatic rings. The molecule has 0 aliphatic carbocycles. The van der Waals surface area contributed by atoms with Gasteiger partial charge in [0.1, 0.15) is 11.5 Å². The van der Waals surface area contributed by atoms with Crippen molar-refractivity contribution < 1.29 is 9.21 Å². The minimum atomic E-state index is -0.326. The smallest absolute Gasteiger partial charge is 0.273 e. The molecule has 0 fully saturated rings. The Hall–Kier alpha value is -2.27. The largest absolute Gasteiger partial charge is 0.465 e. The van der Waals surface area contributed by atoms with E-state index in [1.165, 1.54) is 0 Å². The molecule has 3 aromatic heterocycles. The zero-order chi connectivity index (χ0) is 14.1. The number of hydrogen-bond donors (Lipinski definition) is 1. The van der Waals surface area contributed by atoms with Crippen LogP contribution in [0.1, 0.15) is 22.0 Å². The van der Waals surface area contributed by atoms with Crippen molar-refractivity contribution in [3.63, 3.8) is 0 Å². The minimum Gasteiger partial charge on any atom is -0.465 e. The molecule has 0 unspecified atom stereocenters. The Bertz CT molecular complexity index is 776. The van der Waals surface area contributed by atoms with Crippen molar-refractivity contribution in [2.75, 3.05) is 0 Å². The van der Waals surface area contributed by atoms with Crippen LogP contribution in [-0.4, -0.2) is 15.5 Å². The summed E-state index contributed by atoms with van der Waals surface area (Å²) in [6.07, 6.45) is 1.74. The van der Waals surface area contributed by atoms with Crippen molar-refractivity contribution in [1.29, 1.82) is 0 Å². The van der Waals surface area contributed by atoms with E-state index in [0.29, 0.717) is 22.8 Å². The number of hydrogen-bond acceptors (Lipinski definition) is 3. The first kappa shape index (κ1) is 12.7. The van der Waals surface area contributed by atoms with Crippen LogP contribution < -0.4 is 5.32 Å². The molecule has 3 aromatic rings. The number of rotatable bonds is 3. The molecule has 3 rings (SSSR count). The number of carbonyl (C=O) groups excluding carboxylic acids is 1. The van der Waals surface area contributed by atoms with Gasteiger partial charge in [-0.2, -0.15) is 5.10 Å². The number of furan rings is 1. The maximum absolute atomic E-state index is 12.1. The Kier molecular flexibility index (Phi) is 3.20. The average molecular weight is 290 g/mol. The Morgan fingerprint density at radius 2 is 2.25 bits per heavy atom. The quantitative estimate of drug-likeness (QED) is 0.806. The van der Waals surface area contributed by atoms with Crippen LogP contribution in [0.15, 0.2) is 40.9 Å². The molecular weight excluding hydrogens is 278 g/mol. The Balaban J connectivity index is 1.80. The number of pyridine rings is 1. The first-order valence-corrected chi connectivity index (χ1v) is 6.49. The number of nitrogens with zero attached hydrogens (tertiary/aromatic N) is 2. The topological polar surface area (TPSA) is 59.5 Å². The number of nitrogens with one attached hydrogen (secondary N) is 1. The maximum Gasteiger partial charge on any atom is 0.273 e. The van der Waals surface area contributed by atoms with Gasteiger partial charge in [0, 0.05) is 6.20 Å². The first-order chi connectivity index (χ1) is 9.65. The number of fused-ring (bicyclic) bond motifs is 1. The fourth-order valence-corrected chi connectivity index (χ4v) is 2.22. The van der Waals surface area contributed by atoms with Gasteiger partial charge in [-0.1, -0.05) is 17.7 Å². The van der Waals surface area contributed by atoms with Crippen LogP contribution in [0.4, 0.5) is 0 Å². The number of aromatic nitrogens is 2. The highest BCUT2D eigenvalue weighted by molar-refractivity contribution is 6.36.